The summed E-state index contributed by atoms with van der Waals surface area (Å²) in [6.45, 7) is 21.1. The van der Waals surface area contributed by atoms with Crippen molar-refractivity contribution >= 4 is 5.69 Å². The minimum Gasteiger partial charge on any atom is -0.311 e. The zero-order chi connectivity index (χ0) is 26.3. The summed E-state index contributed by atoms with van der Waals surface area (Å²) in [7, 11) is 0. The highest BCUT2D eigenvalue weighted by molar-refractivity contribution is 5.66. The van der Waals surface area contributed by atoms with Gasteiger partial charge in [-0.3, -0.25) is 0 Å². The van der Waals surface area contributed by atoms with Crippen molar-refractivity contribution < 1.29 is 0 Å². The van der Waals surface area contributed by atoms with Crippen molar-refractivity contribution in [1.29, 1.82) is 0 Å². The Bertz CT molecular complexity index is 1270. The van der Waals surface area contributed by atoms with Gasteiger partial charge in [-0.05, 0) is 74.2 Å². The number of anilines is 1. The standard InChI is InChI=1S/C35H39N/c1-9-11-13-34(26(3)4)36(28(6)12-10-2)33-24-22-32(23-25-33)35(7,8)31-20-18-30(19-21-31)29-16-14-27(5)15-17-29/h9-25H,1,6H2,2-5,7-8H3/b12-10-,13-11-. The molecular formula is C35H39N. The van der Waals surface area contributed by atoms with Crippen LogP contribution in [0.1, 0.15) is 51.3 Å². The number of nitrogens with zero attached hydrogens (tertiary/aromatic N) is 1. The molecule has 1 nitrogen and oxygen atoms in total. The smallest absolute Gasteiger partial charge is 0.0461 e. The van der Waals surface area contributed by atoms with Crippen LogP contribution in [0.3, 0.4) is 0 Å². The van der Waals surface area contributed by atoms with Crippen molar-refractivity contribution in [1.82, 2.24) is 0 Å². The Hall–Kier alpha value is -3.84. The van der Waals surface area contributed by atoms with E-state index in [0.29, 0.717) is 0 Å². The summed E-state index contributed by atoms with van der Waals surface area (Å²) >= 11 is 0. The van der Waals surface area contributed by atoms with E-state index in [0.717, 1.165) is 17.1 Å². The molecule has 0 atom stereocenters. The third-order valence-corrected chi connectivity index (χ3v) is 6.63. The molecule has 184 valence electrons. The fourth-order valence-corrected chi connectivity index (χ4v) is 4.37. The zero-order valence-electron chi connectivity index (χ0n) is 22.7. The normalized spacial score (nSPS) is 11.6. The Labute approximate surface area is 218 Å². The molecule has 0 aliphatic rings. The fourth-order valence-electron chi connectivity index (χ4n) is 4.37. The van der Waals surface area contributed by atoms with Crippen molar-refractivity contribution in [2.24, 2.45) is 0 Å². The van der Waals surface area contributed by atoms with Gasteiger partial charge in [-0.2, -0.15) is 0 Å². The molecule has 3 aromatic carbocycles. The lowest BCUT2D eigenvalue weighted by molar-refractivity contribution is 0.641. The molecule has 0 amide bonds. The first-order valence-electron chi connectivity index (χ1n) is 12.6. The highest BCUT2D eigenvalue weighted by Crippen LogP contribution is 2.35. The predicted molar refractivity (Wildman–Crippen MR) is 159 cm³/mol. The van der Waals surface area contributed by atoms with Crippen molar-refractivity contribution in [3.63, 3.8) is 0 Å². The summed E-state index contributed by atoms with van der Waals surface area (Å²) in [5.74, 6) is 0. The molecule has 3 aromatic rings. The third kappa shape index (κ3) is 6.04. The molecule has 0 heterocycles. The van der Waals surface area contributed by atoms with E-state index in [1.54, 1.807) is 6.08 Å². The van der Waals surface area contributed by atoms with Crippen LogP contribution in [0, 0.1) is 6.92 Å². The van der Waals surface area contributed by atoms with E-state index in [1.807, 2.05) is 25.2 Å². The van der Waals surface area contributed by atoms with E-state index < -0.39 is 0 Å². The van der Waals surface area contributed by atoms with Crippen LogP contribution >= 0.6 is 0 Å². The van der Waals surface area contributed by atoms with Gasteiger partial charge in [-0.1, -0.05) is 117 Å². The minimum absolute atomic E-state index is 0.127. The highest BCUT2D eigenvalue weighted by atomic mass is 15.1. The van der Waals surface area contributed by atoms with Crippen molar-refractivity contribution in [2.75, 3.05) is 4.90 Å². The molecule has 3 rings (SSSR count). The Morgan fingerprint density at radius 3 is 1.75 bits per heavy atom. The van der Waals surface area contributed by atoms with Crippen LogP contribution in [0.15, 0.2) is 133 Å². The quantitative estimate of drug-likeness (QED) is 0.279. The molecule has 0 unspecified atom stereocenters. The zero-order valence-corrected chi connectivity index (χ0v) is 22.7. The summed E-state index contributed by atoms with van der Waals surface area (Å²) in [6.07, 6.45) is 9.92. The SMILES string of the molecule is C=C/C=C\C(=C(C)C)N(C(=C)/C=C\C)c1ccc(C(C)(C)c2ccc(-c3ccc(C)cc3)cc2)cc1. The topological polar surface area (TPSA) is 3.24 Å². The molecule has 0 bridgehead atoms. The number of rotatable bonds is 9. The van der Waals surface area contributed by atoms with Gasteiger partial charge in [0.15, 0.2) is 0 Å². The van der Waals surface area contributed by atoms with Gasteiger partial charge in [0.05, 0.1) is 0 Å². The van der Waals surface area contributed by atoms with Gasteiger partial charge < -0.3 is 4.90 Å². The molecule has 0 saturated carbocycles. The fraction of sp³-hybridized carbons (Fsp3) is 0.200. The van der Waals surface area contributed by atoms with E-state index >= 15 is 0 Å². The Morgan fingerprint density at radius 1 is 0.778 bits per heavy atom. The molecule has 0 aromatic heterocycles. The number of aryl methyl sites for hydroxylation is 1. The van der Waals surface area contributed by atoms with Gasteiger partial charge in [0.25, 0.3) is 0 Å². The van der Waals surface area contributed by atoms with Crippen LogP contribution in [0.25, 0.3) is 11.1 Å². The van der Waals surface area contributed by atoms with Gasteiger partial charge in [0.2, 0.25) is 0 Å². The summed E-state index contributed by atoms with van der Waals surface area (Å²) in [4.78, 5) is 2.20. The second-order valence-electron chi connectivity index (χ2n) is 9.92. The molecule has 36 heavy (non-hydrogen) atoms. The number of benzene rings is 3. The van der Waals surface area contributed by atoms with E-state index in [2.05, 4.69) is 132 Å². The molecular weight excluding hydrogens is 434 g/mol. The summed E-state index contributed by atoms with van der Waals surface area (Å²) in [6, 6.07) is 26.5. The second kappa shape index (κ2) is 11.7. The Kier molecular flexibility index (Phi) is 8.72. The van der Waals surface area contributed by atoms with Crippen LogP contribution in [0.2, 0.25) is 0 Å². The summed E-state index contributed by atoms with van der Waals surface area (Å²) in [5.41, 5.74) is 10.5. The molecule has 1 heteroatoms. The average Bonchev–Trinajstić information content (AvgIpc) is 2.87. The Balaban J connectivity index is 1.94. The lowest BCUT2D eigenvalue weighted by atomic mass is 9.77. The number of hydrogen-bond donors (Lipinski definition) is 0. The van der Waals surface area contributed by atoms with Crippen LogP contribution in [0.4, 0.5) is 5.69 Å². The highest BCUT2D eigenvalue weighted by Gasteiger charge is 2.24. The van der Waals surface area contributed by atoms with E-state index in [4.69, 9.17) is 0 Å². The van der Waals surface area contributed by atoms with Crippen LogP contribution < -0.4 is 4.90 Å². The molecule has 0 N–H and O–H groups in total. The first-order chi connectivity index (χ1) is 17.2. The predicted octanol–water partition coefficient (Wildman–Crippen LogP) is 9.92. The van der Waals surface area contributed by atoms with Crippen molar-refractivity contribution in [2.45, 2.75) is 47.0 Å². The maximum Gasteiger partial charge on any atom is 0.0461 e. The maximum absolute atomic E-state index is 4.33. The maximum atomic E-state index is 4.33. The molecule has 0 aliphatic carbocycles. The summed E-state index contributed by atoms with van der Waals surface area (Å²) < 4.78 is 0. The van der Waals surface area contributed by atoms with E-state index in [1.165, 1.54) is 33.4 Å². The lowest BCUT2D eigenvalue weighted by Crippen LogP contribution is -2.22. The Morgan fingerprint density at radius 2 is 1.28 bits per heavy atom. The van der Waals surface area contributed by atoms with Gasteiger partial charge >= 0.3 is 0 Å². The third-order valence-electron chi connectivity index (χ3n) is 6.63. The molecule has 0 fully saturated rings. The van der Waals surface area contributed by atoms with Crippen molar-refractivity contribution in [3.8, 4) is 11.1 Å². The van der Waals surface area contributed by atoms with Gasteiger partial charge in [0, 0.05) is 22.5 Å². The molecule has 0 aliphatic heterocycles. The first kappa shape index (κ1) is 26.8. The van der Waals surface area contributed by atoms with E-state index in [9.17, 15) is 0 Å². The number of allylic oxidation sites excluding steroid dienone is 6. The van der Waals surface area contributed by atoms with E-state index in [-0.39, 0.29) is 5.41 Å². The molecule has 0 spiro atoms. The van der Waals surface area contributed by atoms with Gasteiger partial charge in [-0.25, -0.2) is 0 Å². The first-order valence-corrected chi connectivity index (χ1v) is 12.6. The van der Waals surface area contributed by atoms with Crippen LogP contribution in [-0.2, 0) is 5.41 Å². The average molecular weight is 474 g/mol. The second-order valence-corrected chi connectivity index (χ2v) is 9.92. The van der Waals surface area contributed by atoms with Gasteiger partial charge in [-0.15, -0.1) is 0 Å². The largest absolute Gasteiger partial charge is 0.311 e. The minimum atomic E-state index is -0.127. The monoisotopic (exact) mass is 473 g/mol. The lowest BCUT2D eigenvalue weighted by Gasteiger charge is -2.30. The van der Waals surface area contributed by atoms with Crippen LogP contribution in [-0.4, -0.2) is 0 Å². The summed E-state index contributed by atoms with van der Waals surface area (Å²) in [5, 5.41) is 0. The molecule has 0 saturated heterocycles. The molecule has 0 radical (unpaired) electrons. The van der Waals surface area contributed by atoms with Gasteiger partial charge in [0.1, 0.15) is 0 Å². The van der Waals surface area contributed by atoms with Crippen LogP contribution in [0.5, 0.6) is 0 Å². The number of hydrogen-bond acceptors (Lipinski definition) is 1. The van der Waals surface area contributed by atoms with Crippen molar-refractivity contribution in [3.05, 3.63) is 150 Å².